The zero-order valence-corrected chi connectivity index (χ0v) is 10.4. The van der Waals surface area contributed by atoms with Gasteiger partial charge in [0.2, 0.25) is 5.91 Å². The number of morpholine rings is 1. The van der Waals surface area contributed by atoms with E-state index in [9.17, 15) is 4.79 Å². The van der Waals surface area contributed by atoms with Crippen LogP contribution in [0.5, 0.6) is 0 Å². The van der Waals surface area contributed by atoms with E-state index in [2.05, 4.69) is 10.3 Å². The summed E-state index contributed by atoms with van der Waals surface area (Å²) in [5.41, 5.74) is 7.27. The summed E-state index contributed by atoms with van der Waals surface area (Å²) in [6.45, 7) is 2.12. The van der Waals surface area contributed by atoms with Gasteiger partial charge in [-0.1, -0.05) is 0 Å². The fourth-order valence-electron chi connectivity index (χ4n) is 2.00. The molecular formula is C12H18N4O2. The number of carbonyl (C=O) groups is 1. The number of hydrogen-bond donors (Lipinski definition) is 2. The van der Waals surface area contributed by atoms with Gasteiger partial charge in [-0.3, -0.25) is 9.78 Å². The van der Waals surface area contributed by atoms with Crippen molar-refractivity contribution >= 4 is 11.6 Å². The Kier molecular flexibility index (Phi) is 4.11. The summed E-state index contributed by atoms with van der Waals surface area (Å²) in [6.07, 6.45) is 1.75. The predicted molar refractivity (Wildman–Crippen MR) is 68.1 cm³/mol. The van der Waals surface area contributed by atoms with E-state index in [1.165, 1.54) is 0 Å². The molecule has 0 aromatic carbocycles. The molecule has 98 valence electrons. The van der Waals surface area contributed by atoms with Crippen molar-refractivity contribution in [2.24, 2.45) is 5.73 Å². The predicted octanol–water partition coefficient (Wildman–Crippen LogP) is -0.508. The topological polar surface area (TPSA) is 80.5 Å². The molecule has 2 rings (SSSR count). The molecule has 1 fully saturated rings. The summed E-state index contributed by atoms with van der Waals surface area (Å²) in [4.78, 5) is 18.1. The van der Waals surface area contributed by atoms with Crippen LogP contribution in [0.4, 0.5) is 5.69 Å². The van der Waals surface area contributed by atoms with E-state index in [1.54, 1.807) is 13.2 Å². The van der Waals surface area contributed by atoms with E-state index < -0.39 is 0 Å². The molecule has 3 N–H and O–H groups in total. The zero-order chi connectivity index (χ0) is 13.0. The molecule has 1 atom stereocenters. The van der Waals surface area contributed by atoms with Crippen molar-refractivity contribution in [2.45, 2.75) is 12.6 Å². The summed E-state index contributed by atoms with van der Waals surface area (Å²) < 4.78 is 5.36. The van der Waals surface area contributed by atoms with E-state index in [0.717, 1.165) is 11.4 Å². The van der Waals surface area contributed by atoms with Crippen molar-refractivity contribution in [2.75, 3.05) is 31.7 Å². The number of rotatable bonds is 3. The molecule has 1 aromatic rings. The quantitative estimate of drug-likeness (QED) is 0.755. The first-order valence-electron chi connectivity index (χ1n) is 5.97. The smallest absolute Gasteiger partial charge is 0.244 e. The molecule has 1 aliphatic rings. The molecule has 1 unspecified atom stereocenters. The summed E-state index contributed by atoms with van der Waals surface area (Å²) in [5.74, 6) is -0.0439. The third kappa shape index (κ3) is 2.60. The number of hydrogen-bond acceptors (Lipinski definition) is 5. The molecule has 1 aliphatic heterocycles. The number of nitrogens with zero attached hydrogens (tertiary/aromatic N) is 2. The highest BCUT2D eigenvalue weighted by Crippen LogP contribution is 2.19. The lowest BCUT2D eigenvalue weighted by atomic mass is 10.2. The zero-order valence-electron chi connectivity index (χ0n) is 10.4. The van der Waals surface area contributed by atoms with Gasteiger partial charge in [0.15, 0.2) is 0 Å². The molecule has 0 saturated carbocycles. The maximum atomic E-state index is 11.8. The van der Waals surface area contributed by atoms with E-state index in [-0.39, 0.29) is 11.9 Å². The van der Waals surface area contributed by atoms with E-state index in [0.29, 0.717) is 26.3 Å². The second-order valence-electron chi connectivity index (χ2n) is 4.11. The average molecular weight is 250 g/mol. The van der Waals surface area contributed by atoms with Crippen LogP contribution >= 0.6 is 0 Å². The minimum absolute atomic E-state index is 0.0439. The largest absolute Gasteiger partial charge is 0.377 e. The van der Waals surface area contributed by atoms with E-state index in [4.69, 9.17) is 10.5 Å². The second kappa shape index (κ2) is 5.79. The Hall–Kier alpha value is -1.66. The number of nitrogens with one attached hydrogen (secondary N) is 1. The highest BCUT2D eigenvalue weighted by Gasteiger charge is 2.28. The van der Waals surface area contributed by atoms with Crippen LogP contribution in [0, 0.1) is 0 Å². The summed E-state index contributed by atoms with van der Waals surface area (Å²) in [6, 6.07) is 3.52. The van der Waals surface area contributed by atoms with Crippen LogP contribution in [-0.2, 0) is 16.1 Å². The van der Waals surface area contributed by atoms with Crippen LogP contribution in [0.25, 0.3) is 0 Å². The average Bonchev–Trinajstić information content (AvgIpc) is 2.46. The van der Waals surface area contributed by atoms with Gasteiger partial charge in [-0.2, -0.15) is 0 Å². The van der Waals surface area contributed by atoms with Crippen LogP contribution in [-0.4, -0.2) is 43.7 Å². The Balaban J connectivity index is 2.19. The fraction of sp³-hybridized carbons (Fsp3) is 0.500. The number of aromatic nitrogens is 1. The number of anilines is 1. The monoisotopic (exact) mass is 250 g/mol. The lowest BCUT2D eigenvalue weighted by molar-refractivity contribution is -0.124. The van der Waals surface area contributed by atoms with Crippen LogP contribution in [0.15, 0.2) is 18.3 Å². The second-order valence-corrected chi connectivity index (χ2v) is 4.11. The fourth-order valence-corrected chi connectivity index (χ4v) is 2.00. The molecule has 6 nitrogen and oxygen atoms in total. The van der Waals surface area contributed by atoms with Crippen molar-refractivity contribution in [1.29, 1.82) is 0 Å². The van der Waals surface area contributed by atoms with E-state index >= 15 is 0 Å². The Bertz CT molecular complexity index is 407. The third-order valence-electron chi connectivity index (χ3n) is 3.03. The van der Waals surface area contributed by atoms with Gasteiger partial charge in [0.1, 0.15) is 6.04 Å². The third-order valence-corrected chi connectivity index (χ3v) is 3.03. The highest BCUT2D eigenvalue weighted by atomic mass is 16.5. The molecule has 1 amide bonds. The van der Waals surface area contributed by atoms with Gasteiger partial charge in [0, 0.05) is 20.1 Å². The van der Waals surface area contributed by atoms with Gasteiger partial charge in [-0.15, -0.1) is 0 Å². The standard InChI is InChI=1S/C12H18N4O2/c1-14-12(17)11-8-18-5-4-16(11)10-3-2-9(6-13)15-7-10/h2-3,7,11H,4-6,8,13H2,1H3,(H,14,17). The van der Waals surface area contributed by atoms with Crippen LogP contribution in [0.3, 0.4) is 0 Å². The van der Waals surface area contributed by atoms with Crippen LogP contribution in [0.1, 0.15) is 5.69 Å². The van der Waals surface area contributed by atoms with Gasteiger partial charge in [-0.05, 0) is 12.1 Å². The van der Waals surface area contributed by atoms with Crippen molar-refractivity contribution in [1.82, 2.24) is 10.3 Å². The minimum Gasteiger partial charge on any atom is -0.377 e. The number of pyridine rings is 1. The molecule has 1 aromatic heterocycles. The maximum Gasteiger partial charge on any atom is 0.244 e. The molecule has 18 heavy (non-hydrogen) atoms. The number of amides is 1. The summed E-state index contributed by atoms with van der Waals surface area (Å²) in [5, 5.41) is 2.66. The highest BCUT2D eigenvalue weighted by molar-refractivity contribution is 5.85. The SMILES string of the molecule is CNC(=O)C1COCCN1c1ccc(CN)nc1. The number of ether oxygens (including phenoxy) is 1. The Labute approximate surface area is 106 Å². The summed E-state index contributed by atoms with van der Waals surface area (Å²) in [7, 11) is 1.63. The van der Waals surface area contributed by atoms with Crippen LogP contribution in [0.2, 0.25) is 0 Å². The van der Waals surface area contributed by atoms with Crippen molar-refractivity contribution in [3.05, 3.63) is 24.0 Å². The van der Waals surface area contributed by atoms with Gasteiger partial charge in [0.05, 0.1) is 30.8 Å². The first-order valence-corrected chi connectivity index (χ1v) is 5.97. The number of likely N-dealkylation sites (N-methyl/N-ethyl adjacent to an activating group) is 1. The van der Waals surface area contributed by atoms with Crippen LogP contribution < -0.4 is 16.0 Å². The maximum absolute atomic E-state index is 11.8. The minimum atomic E-state index is -0.297. The Morgan fingerprint density at radius 2 is 2.50 bits per heavy atom. The van der Waals surface area contributed by atoms with Gasteiger partial charge < -0.3 is 20.7 Å². The van der Waals surface area contributed by atoms with Gasteiger partial charge in [0.25, 0.3) is 0 Å². The molecule has 0 aliphatic carbocycles. The molecular weight excluding hydrogens is 232 g/mol. The first-order chi connectivity index (χ1) is 8.76. The number of nitrogens with two attached hydrogens (primary N) is 1. The molecule has 0 spiro atoms. The lowest BCUT2D eigenvalue weighted by Gasteiger charge is -2.35. The molecule has 0 radical (unpaired) electrons. The van der Waals surface area contributed by atoms with Gasteiger partial charge >= 0.3 is 0 Å². The van der Waals surface area contributed by atoms with E-state index in [1.807, 2.05) is 17.0 Å². The Morgan fingerprint density at radius 3 is 3.11 bits per heavy atom. The summed E-state index contributed by atoms with van der Waals surface area (Å²) >= 11 is 0. The number of carbonyl (C=O) groups excluding carboxylic acids is 1. The Morgan fingerprint density at radius 1 is 1.67 bits per heavy atom. The van der Waals surface area contributed by atoms with Crippen molar-refractivity contribution in [3.8, 4) is 0 Å². The first kappa shape index (κ1) is 12.8. The molecule has 2 heterocycles. The van der Waals surface area contributed by atoms with Crippen molar-refractivity contribution < 1.29 is 9.53 Å². The lowest BCUT2D eigenvalue weighted by Crippen LogP contribution is -2.53. The molecule has 6 heteroatoms. The molecule has 0 bridgehead atoms. The van der Waals surface area contributed by atoms with Crippen molar-refractivity contribution in [3.63, 3.8) is 0 Å². The van der Waals surface area contributed by atoms with Gasteiger partial charge in [-0.25, -0.2) is 0 Å². The molecule has 1 saturated heterocycles. The normalized spacial score (nSPS) is 19.7.